The Labute approximate surface area is 215 Å². The fourth-order valence-corrected chi connectivity index (χ4v) is 7.28. The minimum atomic E-state index is -3.55. The van der Waals surface area contributed by atoms with Crippen LogP contribution < -0.4 is 5.43 Å². The highest BCUT2D eigenvalue weighted by Crippen LogP contribution is 2.29. The Balaban J connectivity index is 1.33. The molecule has 3 aromatic carbocycles. The molecule has 0 aliphatic carbocycles. The van der Waals surface area contributed by atoms with E-state index in [-0.39, 0.29) is 4.90 Å². The summed E-state index contributed by atoms with van der Waals surface area (Å²) < 4.78 is 34.7. The number of rotatable bonds is 6. The average Bonchev–Trinajstić information content (AvgIpc) is 3.54. The Morgan fingerprint density at radius 1 is 0.833 bits per heavy atom. The second-order valence-electron chi connectivity index (χ2n) is 8.09. The Bertz CT molecular complexity index is 1530. The summed E-state index contributed by atoms with van der Waals surface area (Å²) in [4.78, 5) is 9.83. The largest absolute Gasteiger partial charge is 0.379 e. The number of sulfonamides is 1. The number of hydrazone groups is 1. The van der Waals surface area contributed by atoms with E-state index in [0.717, 1.165) is 30.4 Å². The van der Waals surface area contributed by atoms with E-state index in [1.54, 1.807) is 46.9 Å². The molecule has 0 radical (unpaired) electrons. The van der Waals surface area contributed by atoms with E-state index in [0.29, 0.717) is 37.7 Å². The lowest BCUT2D eigenvalue weighted by Crippen LogP contribution is -2.40. The predicted octanol–water partition coefficient (Wildman–Crippen LogP) is 4.79. The molecule has 0 amide bonds. The van der Waals surface area contributed by atoms with E-state index in [4.69, 9.17) is 19.8 Å². The van der Waals surface area contributed by atoms with Crippen LogP contribution >= 0.6 is 22.7 Å². The fraction of sp³-hybridized carbons (Fsp3) is 0.160. The van der Waals surface area contributed by atoms with Crippen molar-refractivity contribution in [1.29, 1.82) is 0 Å². The lowest BCUT2D eigenvalue weighted by Gasteiger charge is -2.26. The molecule has 1 saturated heterocycles. The van der Waals surface area contributed by atoms with Crippen molar-refractivity contribution >= 4 is 64.5 Å². The van der Waals surface area contributed by atoms with E-state index in [1.807, 2.05) is 48.5 Å². The summed E-state index contributed by atoms with van der Waals surface area (Å²) in [6.07, 6.45) is 0. The van der Waals surface area contributed by atoms with E-state index in [2.05, 4.69) is 5.43 Å². The number of hydrogen-bond acceptors (Lipinski definition) is 9. The smallest absolute Gasteiger partial charge is 0.243 e. The van der Waals surface area contributed by atoms with Crippen LogP contribution in [0.1, 0.15) is 10.0 Å². The van der Waals surface area contributed by atoms with Crippen molar-refractivity contribution in [3.8, 4) is 0 Å². The molecule has 8 nitrogen and oxygen atoms in total. The van der Waals surface area contributed by atoms with Gasteiger partial charge in [0.25, 0.3) is 0 Å². The molecule has 0 bridgehead atoms. The summed E-state index contributed by atoms with van der Waals surface area (Å²) in [6.45, 7) is 1.54. The van der Waals surface area contributed by atoms with Crippen LogP contribution in [-0.2, 0) is 14.8 Å². The maximum Gasteiger partial charge on any atom is 0.243 e. The minimum absolute atomic E-state index is 0.247. The molecule has 5 aromatic rings. The lowest BCUT2D eigenvalue weighted by atomic mass is 10.3. The zero-order chi connectivity index (χ0) is 24.5. The highest BCUT2D eigenvalue weighted by Gasteiger charge is 2.26. The number of anilines is 1. The molecular formula is C25H21N5O3S3. The predicted molar refractivity (Wildman–Crippen MR) is 145 cm³/mol. The van der Waals surface area contributed by atoms with Gasteiger partial charge in [0.05, 0.1) is 44.2 Å². The third-order valence-electron chi connectivity index (χ3n) is 5.75. The van der Waals surface area contributed by atoms with Gasteiger partial charge in [0, 0.05) is 13.1 Å². The van der Waals surface area contributed by atoms with Crippen molar-refractivity contribution in [2.75, 3.05) is 31.7 Å². The van der Waals surface area contributed by atoms with Crippen LogP contribution in [0.25, 0.3) is 20.4 Å². The summed E-state index contributed by atoms with van der Waals surface area (Å²) in [6, 6.07) is 22.6. The van der Waals surface area contributed by atoms with Gasteiger partial charge in [-0.15, -0.1) is 22.7 Å². The number of ether oxygens (including phenoxy) is 1. The molecule has 1 aliphatic rings. The van der Waals surface area contributed by atoms with Gasteiger partial charge in [-0.2, -0.15) is 9.41 Å². The first kappa shape index (κ1) is 23.2. The van der Waals surface area contributed by atoms with Crippen molar-refractivity contribution in [3.05, 3.63) is 82.8 Å². The van der Waals surface area contributed by atoms with Crippen LogP contribution in [0, 0.1) is 0 Å². The van der Waals surface area contributed by atoms with E-state index < -0.39 is 10.0 Å². The SMILES string of the molecule is O=S(=O)(c1ccc(NN=C(c2nc3ccccc3s2)c2nc3ccccc3s2)cc1)N1CCOCC1. The van der Waals surface area contributed by atoms with Crippen LogP contribution in [0.3, 0.4) is 0 Å². The maximum atomic E-state index is 12.9. The zero-order valence-corrected chi connectivity index (χ0v) is 21.4. The summed E-state index contributed by atoms with van der Waals surface area (Å²) in [5, 5.41) is 6.21. The molecule has 2 aromatic heterocycles. The Morgan fingerprint density at radius 3 is 1.94 bits per heavy atom. The molecule has 0 saturated carbocycles. The number of thiazole rings is 2. The van der Waals surface area contributed by atoms with Gasteiger partial charge >= 0.3 is 0 Å². The van der Waals surface area contributed by atoms with Crippen LogP contribution in [0.4, 0.5) is 5.69 Å². The fourth-order valence-electron chi connectivity index (χ4n) is 3.89. The number of benzene rings is 3. The van der Waals surface area contributed by atoms with Crippen LogP contribution in [0.15, 0.2) is 82.8 Å². The maximum absolute atomic E-state index is 12.9. The van der Waals surface area contributed by atoms with Crippen LogP contribution in [-0.4, -0.2) is 54.7 Å². The summed E-state index contributed by atoms with van der Waals surface area (Å²) >= 11 is 3.11. The topological polar surface area (TPSA) is 96.8 Å². The van der Waals surface area contributed by atoms with Crippen LogP contribution in [0.2, 0.25) is 0 Å². The number of para-hydroxylation sites is 2. The summed E-state index contributed by atoms with van der Waals surface area (Å²) in [5.74, 6) is 0. The number of morpholine rings is 1. The third-order valence-corrected chi connectivity index (χ3v) is 9.75. The van der Waals surface area contributed by atoms with Crippen molar-refractivity contribution in [1.82, 2.24) is 14.3 Å². The monoisotopic (exact) mass is 535 g/mol. The number of nitrogens with one attached hydrogen (secondary N) is 1. The number of hydrogen-bond donors (Lipinski definition) is 1. The Kier molecular flexibility index (Phi) is 6.23. The molecule has 36 heavy (non-hydrogen) atoms. The number of aromatic nitrogens is 2. The molecule has 1 fully saturated rings. The van der Waals surface area contributed by atoms with Gasteiger partial charge in [-0.05, 0) is 48.5 Å². The van der Waals surface area contributed by atoms with Gasteiger partial charge in [-0.25, -0.2) is 18.4 Å². The third kappa shape index (κ3) is 4.51. The standard InChI is InChI=1S/C25H21N5O3S3/c31-36(32,30-13-15-33-16-14-30)18-11-9-17(10-12-18)28-29-23(24-26-19-5-1-3-7-21(19)34-24)25-27-20-6-2-4-8-22(20)35-25/h1-12,28H,13-16H2. The van der Waals surface area contributed by atoms with Crippen molar-refractivity contribution < 1.29 is 13.2 Å². The van der Waals surface area contributed by atoms with Crippen molar-refractivity contribution in [2.45, 2.75) is 4.90 Å². The van der Waals surface area contributed by atoms with E-state index in [1.165, 1.54) is 4.31 Å². The van der Waals surface area contributed by atoms with Gasteiger partial charge in [-0.1, -0.05) is 24.3 Å². The number of fused-ring (bicyclic) bond motifs is 2. The quantitative estimate of drug-likeness (QED) is 0.248. The van der Waals surface area contributed by atoms with Crippen molar-refractivity contribution in [3.63, 3.8) is 0 Å². The van der Waals surface area contributed by atoms with Gasteiger partial charge in [-0.3, -0.25) is 5.43 Å². The molecule has 0 atom stereocenters. The first-order valence-corrected chi connectivity index (χ1v) is 14.4. The summed E-state index contributed by atoms with van der Waals surface area (Å²) in [7, 11) is -3.55. The Hall–Kier alpha value is -3.22. The molecule has 182 valence electrons. The molecule has 3 heterocycles. The van der Waals surface area contributed by atoms with Gasteiger partial charge < -0.3 is 4.74 Å². The molecule has 1 N–H and O–H groups in total. The molecule has 0 spiro atoms. The second kappa shape index (κ2) is 9.68. The number of nitrogens with zero attached hydrogens (tertiary/aromatic N) is 4. The molecular weight excluding hydrogens is 515 g/mol. The molecule has 1 aliphatic heterocycles. The van der Waals surface area contributed by atoms with Gasteiger partial charge in [0.2, 0.25) is 10.0 Å². The Morgan fingerprint density at radius 2 is 1.39 bits per heavy atom. The molecule has 6 rings (SSSR count). The average molecular weight is 536 g/mol. The summed E-state index contributed by atoms with van der Waals surface area (Å²) in [5.41, 5.74) is 6.20. The van der Waals surface area contributed by atoms with E-state index >= 15 is 0 Å². The first-order chi connectivity index (χ1) is 17.6. The second-order valence-corrected chi connectivity index (χ2v) is 12.1. The minimum Gasteiger partial charge on any atom is -0.379 e. The molecule has 0 unspecified atom stereocenters. The van der Waals surface area contributed by atoms with Gasteiger partial charge in [0.15, 0.2) is 5.71 Å². The highest BCUT2D eigenvalue weighted by atomic mass is 32.2. The lowest BCUT2D eigenvalue weighted by molar-refractivity contribution is 0.0730. The normalized spacial score (nSPS) is 14.8. The zero-order valence-electron chi connectivity index (χ0n) is 19.0. The van der Waals surface area contributed by atoms with Crippen molar-refractivity contribution in [2.24, 2.45) is 5.10 Å². The molecule has 11 heteroatoms. The van der Waals surface area contributed by atoms with Gasteiger partial charge in [0.1, 0.15) is 10.0 Å². The first-order valence-electron chi connectivity index (χ1n) is 11.3. The van der Waals surface area contributed by atoms with E-state index in [9.17, 15) is 8.42 Å². The van der Waals surface area contributed by atoms with Crippen LogP contribution in [0.5, 0.6) is 0 Å². The highest BCUT2D eigenvalue weighted by molar-refractivity contribution is 7.89.